The normalized spacial score (nSPS) is 12.5. The Morgan fingerprint density at radius 3 is 2.95 bits per heavy atom. The zero-order chi connectivity index (χ0) is 15.0. The zero-order valence-corrected chi connectivity index (χ0v) is 12.3. The molecular formula is C17H18N2O2. The summed E-state index contributed by atoms with van der Waals surface area (Å²) in [5.41, 5.74) is 5.93. The molecule has 0 fully saturated rings. The summed E-state index contributed by atoms with van der Waals surface area (Å²) in [4.78, 5) is 16.2. The molecular weight excluding hydrogens is 264 g/mol. The number of imidazole rings is 1. The molecule has 0 unspecified atom stereocenters. The van der Waals surface area contributed by atoms with E-state index < -0.39 is 0 Å². The van der Waals surface area contributed by atoms with Gasteiger partial charge in [-0.15, -0.1) is 0 Å². The predicted octanol–water partition coefficient (Wildman–Crippen LogP) is 3.18. The molecule has 0 saturated heterocycles. The first-order valence-electron chi connectivity index (χ1n) is 7.14. The Morgan fingerprint density at radius 2 is 2.24 bits per heavy atom. The van der Waals surface area contributed by atoms with Gasteiger partial charge in [0.15, 0.2) is 5.69 Å². The predicted molar refractivity (Wildman–Crippen MR) is 81.6 cm³/mol. The summed E-state index contributed by atoms with van der Waals surface area (Å²) in [6.45, 7) is 8.16. The van der Waals surface area contributed by atoms with Crippen LogP contribution in [0.15, 0.2) is 31.1 Å². The van der Waals surface area contributed by atoms with Gasteiger partial charge in [-0.25, -0.2) is 9.78 Å². The molecule has 0 spiro atoms. The highest BCUT2D eigenvalue weighted by molar-refractivity contribution is 5.89. The molecule has 0 amide bonds. The maximum absolute atomic E-state index is 11.9. The monoisotopic (exact) mass is 282 g/mol. The van der Waals surface area contributed by atoms with Crippen molar-refractivity contribution >= 4 is 11.5 Å². The summed E-state index contributed by atoms with van der Waals surface area (Å²) in [5.74, 6) is -0.340. The van der Waals surface area contributed by atoms with Crippen molar-refractivity contribution in [3.63, 3.8) is 0 Å². The van der Waals surface area contributed by atoms with Gasteiger partial charge in [0.1, 0.15) is 6.33 Å². The van der Waals surface area contributed by atoms with Gasteiger partial charge < -0.3 is 9.30 Å². The first kappa shape index (κ1) is 13.6. The number of esters is 1. The number of hydrogen-bond donors (Lipinski definition) is 0. The number of fused-ring (bicyclic) bond motifs is 3. The Labute approximate surface area is 124 Å². The maximum Gasteiger partial charge on any atom is 0.358 e. The minimum Gasteiger partial charge on any atom is -0.461 e. The summed E-state index contributed by atoms with van der Waals surface area (Å²) in [7, 11) is 0. The Hall–Kier alpha value is -2.36. The van der Waals surface area contributed by atoms with Gasteiger partial charge in [0.2, 0.25) is 0 Å². The molecule has 2 heterocycles. The van der Waals surface area contributed by atoms with Crippen LogP contribution in [-0.4, -0.2) is 22.1 Å². The van der Waals surface area contributed by atoms with Crippen molar-refractivity contribution in [3.05, 3.63) is 53.6 Å². The largest absolute Gasteiger partial charge is 0.461 e. The molecule has 0 atom stereocenters. The van der Waals surface area contributed by atoms with Crippen LogP contribution >= 0.6 is 0 Å². The lowest BCUT2D eigenvalue weighted by molar-refractivity contribution is 0.0518. The Balaban J connectivity index is 2.04. The molecule has 1 aromatic carbocycles. The average Bonchev–Trinajstić information content (AvgIpc) is 2.91. The van der Waals surface area contributed by atoms with E-state index in [2.05, 4.69) is 29.8 Å². The number of aryl methyl sites for hydroxylation is 1. The smallest absolute Gasteiger partial charge is 0.358 e. The van der Waals surface area contributed by atoms with Gasteiger partial charge in [0.05, 0.1) is 18.0 Å². The second-order valence-corrected chi connectivity index (χ2v) is 5.25. The second kappa shape index (κ2) is 5.20. The van der Waals surface area contributed by atoms with E-state index in [-0.39, 0.29) is 5.97 Å². The van der Waals surface area contributed by atoms with Crippen LogP contribution in [0.3, 0.4) is 0 Å². The van der Waals surface area contributed by atoms with Crippen LogP contribution in [0.5, 0.6) is 0 Å². The number of aromatic nitrogens is 2. The van der Waals surface area contributed by atoms with E-state index in [1.807, 2.05) is 11.5 Å². The van der Waals surface area contributed by atoms with E-state index in [0.29, 0.717) is 12.3 Å². The van der Waals surface area contributed by atoms with Crippen molar-refractivity contribution in [1.82, 2.24) is 9.55 Å². The lowest BCUT2D eigenvalue weighted by Crippen LogP contribution is -2.15. The number of rotatable bonds is 3. The van der Waals surface area contributed by atoms with Gasteiger partial charge in [-0.3, -0.25) is 0 Å². The summed E-state index contributed by atoms with van der Waals surface area (Å²) < 4.78 is 7.06. The van der Waals surface area contributed by atoms with Crippen LogP contribution in [0.1, 0.15) is 41.2 Å². The third-order valence-corrected chi connectivity index (χ3v) is 3.80. The molecule has 1 aromatic heterocycles. The lowest BCUT2D eigenvalue weighted by atomic mass is 9.96. The van der Waals surface area contributed by atoms with Gasteiger partial charge in [-0.1, -0.05) is 18.2 Å². The van der Waals surface area contributed by atoms with Crippen LogP contribution in [0.4, 0.5) is 0 Å². The molecule has 108 valence electrons. The van der Waals surface area contributed by atoms with Gasteiger partial charge >= 0.3 is 5.97 Å². The molecule has 1 aliphatic heterocycles. The van der Waals surface area contributed by atoms with Crippen molar-refractivity contribution in [3.8, 4) is 5.69 Å². The minimum absolute atomic E-state index is 0.340. The highest BCUT2D eigenvalue weighted by Gasteiger charge is 2.24. The average molecular weight is 282 g/mol. The number of nitrogens with zero attached hydrogens (tertiary/aromatic N) is 2. The molecule has 0 radical (unpaired) electrons. The van der Waals surface area contributed by atoms with E-state index in [1.54, 1.807) is 13.3 Å². The number of hydrogen-bond acceptors (Lipinski definition) is 3. The van der Waals surface area contributed by atoms with E-state index in [0.717, 1.165) is 35.4 Å². The fraction of sp³-hybridized carbons (Fsp3) is 0.294. The standard InChI is InChI=1S/C17H18N2O2/c1-4-21-17(20)16-15-8-6-13-9-12(11(2)3)5-7-14(13)19(15)10-18-16/h5,7,9-10H,2,4,6,8H2,1,3H3. The molecule has 0 N–H and O–H groups in total. The number of carbonyl (C=O) groups excluding carboxylic acids is 1. The van der Waals surface area contributed by atoms with E-state index >= 15 is 0 Å². The summed E-state index contributed by atoms with van der Waals surface area (Å²) in [6.07, 6.45) is 3.40. The van der Waals surface area contributed by atoms with E-state index in [9.17, 15) is 4.79 Å². The quantitative estimate of drug-likeness (QED) is 0.812. The first-order chi connectivity index (χ1) is 10.1. The van der Waals surface area contributed by atoms with Crippen molar-refractivity contribution in [2.45, 2.75) is 26.7 Å². The van der Waals surface area contributed by atoms with Crippen molar-refractivity contribution in [2.75, 3.05) is 6.61 Å². The number of benzene rings is 1. The van der Waals surface area contributed by atoms with Crippen molar-refractivity contribution in [1.29, 1.82) is 0 Å². The van der Waals surface area contributed by atoms with Gasteiger partial charge in [-0.2, -0.15) is 0 Å². The molecule has 0 bridgehead atoms. The number of carbonyl (C=O) groups is 1. The molecule has 4 heteroatoms. The second-order valence-electron chi connectivity index (χ2n) is 5.25. The van der Waals surface area contributed by atoms with Gasteiger partial charge in [-0.05, 0) is 49.9 Å². The van der Waals surface area contributed by atoms with E-state index in [1.165, 1.54) is 5.56 Å². The molecule has 0 aliphatic carbocycles. The fourth-order valence-electron chi connectivity index (χ4n) is 2.73. The van der Waals surface area contributed by atoms with Gasteiger partial charge in [0, 0.05) is 0 Å². The number of allylic oxidation sites excluding steroid dienone is 1. The Morgan fingerprint density at radius 1 is 1.43 bits per heavy atom. The molecule has 21 heavy (non-hydrogen) atoms. The zero-order valence-electron chi connectivity index (χ0n) is 12.3. The summed E-state index contributed by atoms with van der Waals surface area (Å²) >= 11 is 0. The lowest BCUT2D eigenvalue weighted by Gasteiger charge is -2.20. The Bertz CT molecular complexity index is 728. The van der Waals surface area contributed by atoms with Crippen LogP contribution in [0.25, 0.3) is 11.3 Å². The third kappa shape index (κ3) is 2.27. The SMILES string of the molecule is C=C(C)c1ccc2c(c1)CCc1c(C(=O)OCC)ncn1-2. The van der Waals surface area contributed by atoms with Crippen LogP contribution < -0.4 is 0 Å². The maximum atomic E-state index is 11.9. The first-order valence-corrected chi connectivity index (χ1v) is 7.14. The summed E-state index contributed by atoms with van der Waals surface area (Å²) in [6, 6.07) is 6.30. The van der Waals surface area contributed by atoms with Crippen molar-refractivity contribution < 1.29 is 9.53 Å². The minimum atomic E-state index is -0.340. The molecule has 0 saturated carbocycles. The molecule has 1 aliphatic rings. The molecule has 2 aromatic rings. The van der Waals surface area contributed by atoms with Crippen LogP contribution in [0.2, 0.25) is 0 Å². The molecule has 4 nitrogen and oxygen atoms in total. The van der Waals surface area contributed by atoms with Crippen LogP contribution in [0, 0.1) is 0 Å². The van der Waals surface area contributed by atoms with Gasteiger partial charge in [0.25, 0.3) is 0 Å². The number of ether oxygens (including phenoxy) is 1. The van der Waals surface area contributed by atoms with E-state index in [4.69, 9.17) is 4.74 Å². The molecule has 3 rings (SSSR count). The topological polar surface area (TPSA) is 44.1 Å². The highest BCUT2D eigenvalue weighted by Crippen LogP contribution is 2.29. The van der Waals surface area contributed by atoms with Crippen molar-refractivity contribution in [2.24, 2.45) is 0 Å². The van der Waals surface area contributed by atoms with Crippen LogP contribution in [-0.2, 0) is 17.6 Å². The third-order valence-electron chi connectivity index (χ3n) is 3.80. The summed E-state index contributed by atoms with van der Waals surface area (Å²) in [5, 5.41) is 0. The highest BCUT2D eigenvalue weighted by atomic mass is 16.5. The fourth-order valence-corrected chi connectivity index (χ4v) is 2.73. The Kier molecular flexibility index (Phi) is 3.37.